The SMILES string of the molecule is COc1cc(/C=C/C(=O)CC(=O)/C=C/c2cc(C)c(O)c(OC)c2)ccc1O. The number of aryl methyl sites for hydroxylation is 1. The summed E-state index contributed by atoms with van der Waals surface area (Å²) in [5.41, 5.74) is 1.96. The fourth-order valence-electron chi connectivity index (χ4n) is 2.49. The zero-order chi connectivity index (χ0) is 20.7. The van der Waals surface area contributed by atoms with Crippen LogP contribution in [0.3, 0.4) is 0 Å². The number of phenols is 2. The second kappa shape index (κ2) is 9.41. The molecule has 0 saturated carbocycles. The largest absolute Gasteiger partial charge is 0.504 e. The Bertz CT molecular complexity index is 940. The first kappa shape index (κ1) is 20.8. The summed E-state index contributed by atoms with van der Waals surface area (Å²) in [7, 11) is 2.88. The average molecular weight is 382 g/mol. The van der Waals surface area contributed by atoms with Crippen LogP contribution in [0.25, 0.3) is 12.2 Å². The summed E-state index contributed by atoms with van der Waals surface area (Å²) < 4.78 is 10.1. The monoisotopic (exact) mass is 382 g/mol. The van der Waals surface area contributed by atoms with Crippen molar-refractivity contribution < 1.29 is 29.3 Å². The van der Waals surface area contributed by atoms with Gasteiger partial charge in [0, 0.05) is 0 Å². The lowest BCUT2D eigenvalue weighted by Crippen LogP contribution is -2.02. The Balaban J connectivity index is 2.00. The molecule has 0 aromatic heterocycles. The molecule has 2 N–H and O–H groups in total. The Morgan fingerprint density at radius 2 is 1.46 bits per heavy atom. The molecule has 0 aliphatic heterocycles. The summed E-state index contributed by atoms with van der Waals surface area (Å²) >= 11 is 0. The average Bonchev–Trinajstić information content (AvgIpc) is 2.68. The number of hydrogen-bond acceptors (Lipinski definition) is 6. The number of methoxy groups -OCH3 is 2. The summed E-state index contributed by atoms with van der Waals surface area (Å²) in [4.78, 5) is 24.0. The number of ketones is 2. The van der Waals surface area contributed by atoms with Crippen LogP contribution in [-0.2, 0) is 9.59 Å². The molecule has 0 bridgehead atoms. The fourth-order valence-corrected chi connectivity index (χ4v) is 2.49. The summed E-state index contributed by atoms with van der Waals surface area (Å²) in [6, 6.07) is 7.99. The molecule has 0 aliphatic carbocycles. The third kappa shape index (κ3) is 5.48. The van der Waals surface area contributed by atoms with Crippen molar-refractivity contribution in [2.45, 2.75) is 13.3 Å². The molecule has 2 aromatic carbocycles. The van der Waals surface area contributed by atoms with E-state index >= 15 is 0 Å². The van der Waals surface area contributed by atoms with E-state index in [1.807, 2.05) is 0 Å². The molecular formula is C22H22O6. The predicted octanol–water partition coefficient (Wildman–Crippen LogP) is 3.68. The Kier molecular flexibility index (Phi) is 6.98. The minimum atomic E-state index is -0.346. The molecule has 0 spiro atoms. The van der Waals surface area contributed by atoms with Crippen LogP contribution in [0.5, 0.6) is 23.0 Å². The lowest BCUT2D eigenvalue weighted by Gasteiger charge is -2.07. The van der Waals surface area contributed by atoms with Crippen molar-refractivity contribution >= 4 is 23.7 Å². The number of hydrogen-bond donors (Lipinski definition) is 2. The first-order valence-electron chi connectivity index (χ1n) is 8.50. The van der Waals surface area contributed by atoms with Crippen molar-refractivity contribution in [3.05, 3.63) is 59.2 Å². The molecular weight excluding hydrogens is 360 g/mol. The minimum Gasteiger partial charge on any atom is -0.504 e. The van der Waals surface area contributed by atoms with E-state index in [0.29, 0.717) is 28.2 Å². The van der Waals surface area contributed by atoms with Gasteiger partial charge in [-0.1, -0.05) is 18.2 Å². The van der Waals surface area contributed by atoms with Gasteiger partial charge in [0.15, 0.2) is 34.6 Å². The van der Waals surface area contributed by atoms with Crippen LogP contribution in [0, 0.1) is 6.92 Å². The molecule has 6 heteroatoms. The zero-order valence-electron chi connectivity index (χ0n) is 15.9. The second-order valence-corrected chi connectivity index (χ2v) is 6.10. The molecule has 0 amide bonds. The molecule has 0 radical (unpaired) electrons. The first-order valence-corrected chi connectivity index (χ1v) is 8.50. The van der Waals surface area contributed by atoms with Crippen molar-refractivity contribution in [3.8, 4) is 23.0 Å². The van der Waals surface area contributed by atoms with Crippen LogP contribution in [0.2, 0.25) is 0 Å². The molecule has 0 unspecified atom stereocenters. The molecule has 6 nitrogen and oxygen atoms in total. The van der Waals surface area contributed by atoms with E-state index in [1.165, 1.54) is 32.4 Å². The lowest BCUT2D eigenvalue weighted by atomic mass is 10.1. The highest BCUT2D eigenvalue weighted by Gasteiger charge is 2.08. The predicted molar refractivity (Wildman–Crippen MR) is 107 cm³/mol. The quantitative estimate of drug-likeness (QED) is 0.534. The van der Waals surface area contributed by atoms with E-state index in [0.717, 1.165) is 0 Å². The van der Waals surface area contributed by atoms with Gasteiger partial charge in [-0.15, -0.1) is 0 Å². The number of allylic oxidation sites excluding steroid dienone is 2. The Labute approximate surface area is 163 Å². The van der Waals surface area contributed by atoms with Gasteiger partial charge in [0.25, 0.3) is 0 Å². The van der Waals surface area contributed by atoms with Crippen LogP contribution < -0.4 is 9.47 Å². The molecule has 2 rings (SSSR count). The number of benzene rings is 2. The van der Waals surface area contributed by atoms with Gasteiger partial charge in [-0.2, -0.15) is 0 Å². The van der Waals surface area contributed by atoms with E-state index in [9.17, 15) is 19.8 Å². The minimum absolute atomic E-state index is 0.00684. The van der Waals surface area contributed by atoms with Gasteiger partial charge in [-0.25, -0.2) is 0 Å². The van der Waals surface area contributed by atoms with Crippen molar-refractivity contribution in [2.75, 3.05) is 14.2 Å². The Morgan fingerprint density at radius 3 is 2.07 bits per heavy atom. The molecule has 0 saturated heterocycles. The number of ether oxygens (including phenoxy) is 2. The number of aromatic hydroxyl groups is 2. The van der Waals surface area contributed by atoms with Crippen molar-refractivity contribution in [1.29, 1.82) is 0 Å². The van der Waals surface area contributed by atoms with Crippen LogP contribution >= 0.6 is 0 Å². The number of carbonyl (C=O) groups excluding carboxylic acids is 2. The summed E-state index contributed by atoms with van der Waals surface area (Å²) in [5, 5.41) is 19.4. The van der Waals surface area contributed by atoms with E-state index in [2.05, 4.69) is 0 Å². The van der Waals surface area contributed by atoms with Crippen molar-refractivity contribution in [2.24, 2.45) is 0 Å². The summed E-state index contributed by atoms with van der Waals surface area (Å²) in [6.07, 6.45) is 5.48. The highest BCUT2D eigenvalue weighted by molar-refractivity contribution is 6.10. The Hall–Kier alpha value is -3.54. The highest BCUT2D eigenvalue weighted by Crippen LogP contribution is 2.31. The number of rotatable bonds is 8. The third-order valence-corrected chi connectivity index (χ3v) is 3.98. The summed E-state index contributed by atoms with van der Waals surface area (Å²) in [6.45, 7) is 1.73. The van der Waals surface area contributed by atoms with Crippen LogP contribution in [0.1, 0.15) is 23.1 Å². The fraction of sp³-hybridized carbons (Fsp3) is 0.182. The van der Waals surface area contributed by atoms with Crippen LogP contribution in [-0.4, -0.2) is 36.0 Å². The van der Waals surface area contributed by atoms with Gasteiger partial charge in [-0.05, 0) is 60.0 Å². The maximum atomic E-state index is 12.0. The Morgan fingerprint density at radius 1 is 0.893 bits per heavy atom. The van der Waals surface area contributed by atoms with Crippen LogP contribution in [0.15, 0.2) is 42.5 Å². The van der Waals surface area contributed by atoms with Gasteiger partial charge in [0.05, 0.1) is 20.6 Å². The van der Waals surface area contributed by atoms with Gasteiger partial charge < -0.3 is 19.7 Å². The van der Waals surface area contributed by atoms with E-state index in [-0.39, 0.29) is 29.5 Å². The van der Waals surface area contributed by atoms with Gasteiger partial charge in [0.1, 0.15) is 0 Å². The van der Waals surface area contributed by atoms with Crippen molar-refractivity contribution in [3.63, 3.8) is 0 Å². The van der Waals surface area contributed by atoms with Gasteiger partial charge in [-0.3, -0.25) is 9.59 Å². The molecule has 146 valence electrons. The normalized spacial score (nSPS) is 11.1. The van der Waals surface area contributed by atoms with Gasteiger partial charge in [0.2, 0.25) is 0 Å². The molecule has 2 aromatic rings. The molecule has 28 heavy (non-hydrogen) atoms. The first-order chi connectivity index (χ1) is 13.3. The standard InChI is InChI=1S/C22H22O6/c1-14-10-16(12-21(28-3)22(14)26)5-8-18(24)13-17(23)7-4-15-6-9-19(25)20(11-15)27-2/h4-12,25-26H,13H2,1-3H3/b7-4+,8-5+. The zero-order valence-corrected chi connectivity index (χ0v) is 15.9. The smallest absolute Gasteiger partial charge is 0.163 e. The molecule has 0 fully saturated rings. The highest BCUT2D eigenvalue weighted by atomic mass is 16.5. The van der Waals surface area contributed by atoms with E-state index in [1.54, 1.807) is 43.3 Å². The molecule has 0 aliphatic rings. The topological polar surface area (TPSA) is 93.1 Å². The number of carbonyl (C=O) groups is 2. The lowest BCUT2D eigenvalue weighted by molar-refractivity contribution is -0.121. The molecule has 0 heterocycles. The maximum absolute atomic E-state index is 12.0. The van der Waals surface area contributed by atoms with Crippen LogP contribution in [0.4, 0.5) is 0 Å². The maximum Gasteiger partial charge on any atom is 0.163 e. The van der Waals surface area contributed by atoms with Gasteiger partial charge >= 0.3 is 0 Å². The molecule has 0 atom stereocenters. The third-order valence-electron chi connectivity index (χ3n) is 3.98. The number of phenolic OH excluding ortho intramolecular Hbond substituents is 2. The van der Waals surface area contributed by atoms with Crippen molar-refractivity contribution in [1.82, 2.24) is 0 Å². The second-order valence-electron chi connectivity index (χ2n) is 6.10. The summed E-state index contributed by atoms with van der Waals surface area (Å²) in [5.74, 6) is -0.0167. The van der Waals surface area contributed by atoms with E-state index in [4.69, 9.17) is 9.47 Å². The van der Waals surface area contributed by atoms with E-state index < -0.39 is 0 Å².